The number of hydrogen-bond donors (Lipinski definition) is 2. The fourth-order valence-corrected chi connectivity index (χ4v) is 3.40. The van der Waals surface area contributed by atoms with Crippen molar-refractivity contribution in [2.75, 3.05) is 0 Å². The molecule has 0 radical (unpaired) electrons. The van der Waals surface area contributed by atoms with E-state index in [0.717, 1.165) is 5.56 Å². The Bertz CT molecular complexity index is 747. The van der Waals surface area contributed by atoms with Crippen molar-refractivity contribution >= 4 is 28.7 Å². The molecule has 3 N–H and O–H groups in total. The molecule has 2 amide bonds. The first-order valence-corrected chi connectivity index (χ1v) is 7.98. The van der Waals surface area contributed by atoms with Crippen LogP contribution in [0.5, 0.6) is 0 Å². The zero-order chi connectivity index (χ0) is 16.2. The van der Waals surface area contributed by atoms with Gasteiger partial charge in [0.25, 0.3) is 11.8 Å². The lowest BCUT2D eigenvalue weighted by Gasteiger charge is -2.28. The van der Waals surface area contributed by atoms with Crippen LogP contribution in [0, 0.1) is 0 Å². The van der Waals surface area contributed by atoms with Crippen LogP contribution in [0.2, 0.25) is 0 Å². The van der Waals surface area contributed by atoms with Gasteiger partial charge in [-0.1, -0.05) is 60.3 Å². The molecule has 116 valence electrons. The fraction of sp³-hybridized carbons (Fsp3) is 0.118. The molecular weight excluding hydrogens is 310 g/mol. The highest BCUT2D eigenvalue weighted by molar-refractivity contribution is 8.14. The fourth-order valence-electron chi connectivity index (χ4n) is 2.39. The standard InChI is InChI=1S/C17H15N3O2S/c18-17-20-16(22)13(14(23-17)11-7-3-1-4-8-11)19-15(21)12-9-5-2-6-10-12/h1-10,13-14H,(H,19,21)(H2,18,20,22)/t13-,14-/m1/s1. The van der Waals surface area contributed by atoms with Gasteiger partial charge in [0, 0.05) is 5.56 Å². The predicted molar refractivity (Wildman–Crippen MR) is 91.1 cm³/mol. The monoisotopic (exact) mass is 325 g/mol. The highest BCUT2D eigenvalue weighted by atomic mass is 32.2. The summed E-state index contributed by atoms with van der Waals surface area (Å²) in [5, 5.41) is 2.70. The van der Waals surface area contributed by atoms with Crippen LogP contribution >= 0.6 is 11.8 Å². The van der Waals surface area contributed by atoms with Gasteiger partial charge >= 0.3 is 0 Å². The maximum absolute atomic E-state index is 12.4. The first kappa shape index (κ1) is 15.3. The third kappa shape index (κ3) is 3.43. The van der Waals surface area contributed by atoms with Crippen LogP contribution < -0.4 is 11.1 Å². The van der Waals surface area contributed by atoms with Gasteiger partial charge < -0.3 is 11.1 Å². The number of carbonyl (C=O) groups is 2. The Labute approximate surface area is 138 Å². The second-order valence-electron chi connectivity index (χ2n) is 5.05. The summed E-state index contributed by atoms with van der Waals surface area (Å²) in [6.45, 7) is 0. The number of hydrogen-bond acceptors (Lipinski definition) is 4. The lowest BCUT2D eigenvalue weighted by atomic mass is 10.0. The molecule has 3 rings (SSSR count). The molecule has 5 nitrogen and oxygen atoms in total. The molecule has 0 spiro atoms. The zero-order valence-electron chi connectivity index (χ0n) is 12.2. The van der Waals surface area contributed by atoms with Gasteiger partial charge in [-0.05, 0) is 17.7 Å². The summed E-state index contributed by atoms with van der Waals surface area (Å²) < 4.78 is 0. The number of carbonyl (C=O) groups excluding carboxylic acids is 2. The number of nitrogens with zero attached hydrogens (tertiary/aromatic N) is 1. The second-order valence-corrected chi connectivity index (χ2v) is 6.22. The number of amides is 2. The van der Waals surface area contributed by atoms with Gasteiger partial charge in [0.2, 0.25) is 0 Å². The van der Waals surface area contributed by atoms with Gasteiger partial charge in [-0.25, -0.2) is 0 Å². The summed E-state index contributed by atoms with van der Waals surface area (Å²) in [5.74, 6) is -0.736. The third-order valence-electron chi connectivity index (χ3n) is 3.49. The number of nitrogens with one attached hydrogen (secondary N) is 1. The van der Waals surface area contributed by atoms with Crippen molar-refractivity contribution in [3.63, 3.8) is 0 Å². The molecule has 0 unspecified atom stereocenters. The van der Waals surface area contributed by atoms with Gasteiger partial charge in [-0.3, -0.25) is 9.59 Å². The minimum absolute atomic E-state index is 0.217. The van der Waals surface area contributed by atoms with Gasteiger partial charge in [-0.15, -0.1) is 0 Å². The van der Waals surface area contributed by atoms with E-state index in [0.29, 0.717) is 5.56 Å². The smallest absolute Gasteiger partial charge is 0.272 e. The molecular formula is C17H15N3O2S. The van der Waals surface area contributed by atoms with Crippen LogP contribution in [0.1, 0.15) is 21.2 Å². The van der Waals surface area contributed by atoms with Gasteiger partial charge in [0.15, 0.2) is 5.17 Å². The number of nitrogens with two attached hydrogens (primary N) is 1. The van der Waals surface area contributed by atoms with E-state index in [1.165, 1.54) is 11.8 Å². The SMILES string of the molecule is NC1=NC(=O)[C@H](NC(=O)c2ccccc2)[C@@H](c2ccccc2)S1. The first-order valence-electron chi connectivity index (χ1n) is 7.10. The number of rotatable bonds is 3. The molecule has 0 fully saturated rings. The molecule has 0 saturated carbocycles. The quantitative estimate of drug-likeness (QED) is 0.905. The maximum atomic E-state index is 12.4. The van der Waals surface area contributed by atoms with Crippen molar-refractivity contribution in [1.82, 2.24) is 5.32 Å². The Morgan fingerprint density at radius 3 is 2.30 bits per heavy atom. The number of aliphatic imine (C=N–C) groups is 1. The van der Waals surface area contributed by atoms with E-state index in [4.69, 9.17) is 5.73 Å². The molecule has 0 aromatic heterocycles. The minimum Gasteiger partial charge on any atom is -0.378 e. The molecule has 1 aliphatic heterocycles. The maximum Gasteiger partial charge on any atom is 0.272 e. The summed E-state index contributed by atoms with van der Waals surface area (Å²) in [7, 11) is 0. The number of amidine groups is 1. The van der Waals surface area contributed by atoms with Crippen LogP contribution in [0.3, 0.4) is 0 Å². The molecule has 0 saturated heterocycles. The van der Waals surface area contributed by atoms with Crippen LogP contribution in [-0.2, 0) is 4.79 Å². The third-order valence-corrected chi connectivity index (χ3v) is 4.62. The van der Waals surface area contributed by atoms with Crippen LogP contribution in [0.25, 0.3) is 0 Å². The van der Waals surface area contributed by atoms with E-state index in [-0.39, 0.29) is 16.3 Å². The molecule has 6 heteroatoms. The number of thioether (sulfide) groups is 1. The van der Waals surface area contributed by atoms with Crippen LogP contribution in [0.15, 0.2) is 65.7 Å². The van der Waals surface area contributed by atoms with Crippen LogP contribution in [-0.4, -0.2) is 23.0 Å². The van der Waals surface area contributed by atoms with E-state index in [9.17, 15) is 9.59 Å². The van der Waals surface area contributed by atoms with Crippen molar-refractivity contribution in [3.05, 3.63) is 71.8 Å². The Kier molecular flexibility index (Phi) is 4.43. The highest BCUT2D eigenvalue weighted by Crippen LogP contribution is 2.35. The average Bonchev–Trinajstić information content (AvgIpc) is 2.58. The minimum atomic E-state index is -0.748. The molecule has 2 atom stereocenters. The largest absolute Gasteiger partial charge is 0.378 e. The molecule has 1 heterocycles. The van der Waals surface area contributed by atoms with E-state index >= 15 is 0 Å². The van der Waals surface area contributed by atoms with E-state index in [1.54, 1.807) is 24.3 Å². The Morgan fingerprint density at radius 1 is 1.04 bits per heavy atom. The van der Waals surface area contributed by atoms with E-state index in [1.807, 2.05) is 36.4 Å². The predicted octanol–water partition coefficient (Wildman–Crippen LogP) is 2.11. The molecule has 1 aliphatic rings. The molecule has 2 aromatic carbocycles. The molecule has 23 heavy (non-hydrogen) atoms. The summed E-state index contributed by atoms with van der Waals surface area (Å²) in [4.78, 5) is 28.4. The van der Waals surface area contributed by atoms with E-state index < -0.39 is 11.9 Å². The Hall–Kier alpha value is -2.60. The molecule has 0 aliphatic carbocycles. The number of benzene rings is 2. The lowest BCUT2D eigenvalue weighted by molar-refractivity contribution is -0.119. The topological polar surface area (TPSA) is 84.5 Å². The Balaban J connectivity index is 1.88. The molecule has 2 aromatic rings. The van der Waals surface area contributed by atoms with Crippen molar-refractivity contribution in [3.8, 4) is 0 Å². The van der Waals surface area contributed by atoms with Crippen molar-refractivity contribution < 1.29 is 9.59 Å². The summed E-state index contributed by atoms with van der Waals surface area (Å²) >= 11 is 1.28. The summed E-state index contributed by atoms with van der Waals surface area (Å²) in [6.07, 6.45) is 0. The lowest BCUT2D eigenvalue weighted by Crippen LogP contribution is -2.46. The average molecular weight is 325 g/mol. The normalized spacial score (nSPS) is 20.7. The van der Waals surface area contributed by atoms with Gasteiger partial charge in [0.05, 0.1) is 5.25 Å². The van der Waals surface area contributed by atoms with Crippen molar-refractivity contribution in [2.24, 2.45) is 10.7 Å². The van der Waals surface area contributed by atoms with E-state index in [2.05, 4.69) is 10.3 Å². The summed E-state index contributed by atoms with van der Waals surface area (Å²) in [5.41, 5.74) is 7.15. The Morgan fingerprint density at radius 2 is 1.65 bits per heavy atom. The molecule has 0 bridgehead atoms. The van der Waals surface area contributed by atoms with Gasteiger partial charge in [0.1, 0.15) is 6.04 Å². The van der Waals surface area contributed by atoms with Gasteiger partial charge in [-0.2, -0.15) is 4.99 Å². The van der Waals surface area contributed by atoms with Crippen molar-refractivity contribution in [2.45, 2.75) is 11.3 Å². The highest BCUT2D eigenvalue weighted by Gasteiger charge is 2.36. The zero-order valence-corrected chi connectivity index (χ0v) is 13.0. The summed E-state index contributed by atoms with van der Waals surface area (Å²) in [6, 6.07) is 17.5. The van der Waals surface area contributed by atoms with Crippen molar-refractivity contribution in [1.29, 1.82) is 0 Å². The van der Waals surface area contributed by atoms with Crippen LogP contribution in [0.4, 0.5) is 0 Å². The second kappa shape index (κ2) is 6.66. The first-order chi connectivity index (χ1) is 11.1.